The highest BCUT2D eigenvalue weighted by Gasteiger charge is 2.06. The normalized spacial score (nSPS) is 12.3. The largest absolute Gasteiger partial charge is 0.487 e. The first-order chi connectivity index (χ1) is 9.72. The Bertz CT molecular complexity index is 539. The molecule has 5 nitrogen and oxygen atoms in total. The summed E-state index contributed by atoms with van der Waals surface area (Å²) in [4.78, 5) is 0. The second-order valence-electron chi connectivity index (χ2n) is 4.59. The number of nitrogens with zero attached hydrogens (tertiary/aromatic N) is 1. The average molecular weight is 276 g/mol. The lowest BCUT2D eigenvalue weighted by atomic mass is 10.1. The zero-order valence-corrected chi connectivity index (χ0v) is 12.1. The molecule has 2 rings (SSSR count). The summed E-state index contributed by atoms with van der Waals surface area (Å²) in [5.74, 6) is 1.52. The monoisotopic (exact) mass is 276 g/mol. The Balaban J connectivity index is 1.96. The van der Waals surface area contributed by atoms with E-state index in [1.54, 1.807) is 7.11 Å². The molecule has 1 heterocycles. The maximum atomic E-state index is 5.73. The van der Waals surface area contributed by atoms with Gasteiger partial charge in [0.1, 0.15) is 24.7 Å². The van der Waals surface area contributed by atoms with E-state index in [-0.39, 0.29) is 0 Å². The Hall–Kier alpha value is -1.85. The Morgan fingerprint density at radius 3 is 2.90 bits per heavy atom. The third kappa shape index (κ3) is 3.82. The van der Waals surface area contributed by atoms with Crippen LogP contribution in [-0.4, -0.2) is 19.3 Å². The van der Waals surface area contributed by atoms with Gasteiger partial charge in [-0.25, -0.2) is 0 Å². The first kappa shape index (κ1) is 14.6. The Morgan fingerprint density at radius 1 is 1.30 bits per heavy atom. The molecule has 2 aromatic rings. The number of rotatable bonds is 7. The van der Waals surface area contributed by atoms with Crippen molar-refractivity contribution in [2.45, 2.75) is 26.2 Å². The molecule has 1 aromatic heterocycles. The molecule has 5 heteroatoms. The van der Waals surface area contributed by atoms with E-state index in [0.717, 1.165) is 11.4 Å². The lowest BCUT2D eigenvalue weighted by Crippen LogP contribution is -2.12. The number of hydrogen-bond donors (Lipinski definition) is 1. The van der Waals surface area contributed by atoms with Crippen LogP contribution in [0.2, 0.25) is 0 Å². The SMILES string of the molecule is CNC(C)c1cccc(OCc2cc(COC)on2)c1. The van der Waals surface area contributed by atoms with Gasteiger partial charge in [0.25, 0.3) is 0 Å². The predicted molar refractivity (Wildman–Crippen MR) is 75.5 cm³/mol. The Labute approximate surface area is 118 Å². The van der Waals surface area contributed by atoms with E-state index < -0.39 is 0 Å². The van der Waals surface area contributed by atoms with Gasteiger partial charge in [0.05, 0.1) is 0 Å². The van der Waals surface area contributed by atoms with Crippen LogP contribution in [0.3, 0.4) is 0 Å². The quantitative estimate of drug-likeness (QED) is 0.842. The van der Waals surface area contributed by atoms with E-state index in [0.29, 0.717) is 25.0 Å². The van der Waals surface area contributed by atoms with Gasteiger partial charge in [-0.2, -0.15) is 0 Å². The van der Waals surface area contributed by atoms with E-state index in [1.807, 2.05) is 31.3 Å². The van der Waals surface area contributed by atoms with Crippen LogP contribution in [0.4, 0.5) is 0 Å². The third-order valence-electron chi connectivity index (χ3n) is 3.07. The molecule has 0 fully saturated rings. The second kappa shape index (κ2) is 7.07. The number of hydrogen-bond acceptors (Lipinski definition) is 5. The fourth-order valence-electron chi connectivity index (χ4n) is 1.83. The molecule has 1 unspecified atom stereocenters. The number of methoxy groups -OCH3 is 1. The molecule has 0 saturated heterocycles. The first-order valence-electron chi connectivity index (χ1n) is 6.56. The van der Waals surface area contributed by atoms with E-state index in [1.165, 1.54) is 5.56 Å². The van der Waals surface area contributed by atoms with Gasteiger partial charge in [-0.3, -0.25) is 0 Å². The maximum Gasteiger partial charge on any atom is 0.162 e. The molecule has 1 aromatic carbocycles. The van der Waals surface area contributed by atoms with Gasteiger partial charge in [-0.1, -0.05) is 17.3 Å². The summed E-state index contributed by atoms with van der Waals surface area (Å²) >= 11 is 0. The van der Waals surface area contributed by atoms with Crippen LogP contribution in [0, 0.1) is 0 Å². The first-order valence-corrected chi connectivity index (χ1v) is 6.56. The van der Waals surface area contributed by atoms with Gasteiger partial charge in [0, 0.05) is 19.2 Å². The summed E-state index contributed by atoms with van der Waals surface area (Å²) in [7, 11) is 3.55. The lowest BCUT2D eigenvalue weighted by molar-refractivity contribution is 0.155. The molecule has 0 aliphatic rings. The molecular weight excluding hydrogens is 256 g/mol. The van der Waals surface area contributed by atoms with Crippen molar-refractivity contribution in [2.75, 3.05) is 14.2 Å². The van der Waals surface area contributed by atoms with Crippen LogP contribution >= 0.6 is 0 Å². The van der Waals surface area contributed by atoms with Gasteiger partial charge in [-0.15, -0.1) is 0 Å². The van der Waals surface area contributed by atoms with E-state index in [9.17, 15) is 0 Å². The standard InChI is InChI=1S/C15H20N2O3/c1-11(16-2)12-5-4-6-14(7-12)19-9-13-8-15(10-18-3)20-17-13/h4-8,11,16H,9-10H2,1-3H3. The van der Waals surface area contributed by atoms with Crippen molar-refractivity contribution in [1.29, 1.82) is 0 Å². The number of benzene rings is 1. The summed E-state index contributed by atoms with van der Waals surface area (Å²) in [6, 6.07) is 10.1. The van der Waals surface area contributed by atoms with Crippen molar-refractivity contribution in [1.82, 2.24) is 10.5 Å². The minimum atomic E-state index is 0.291. The summed E-state index contributed by atoms with van der Waals surface area (Å²) < 4.78 is 15.8. The Kier molecular flexibility index (Phi) is 5.15. The van der Waals surface area contributed by atoms with Gasteiger partial charge >= 0.3 is 0 Å². The van der Waals surface area contributed by atoms with Crippen molar-refractivity contribution >= 4 is 0 Å². The van der Waals surface area contributed by atoms with Crippen molar-refractivity contribution in [2.24, 2.45) is 0 Å². The molecule has 1 atom stereocenters. The molecule has 0 aliphatic heterocycles. The zero-order valence-electron chi connectivity index (χ0n) is 12.1. The van der Waals surface area contributed by atoms with Crippen molar-refractivity contribution in [3.05, 3.63) is 47.3 Å². The molecule has 0 amide bonds. The maximum absolute atomic E-state index is 5.73. The van der Waals surface area contributed by atoms with Gasteiger partial charge in [0.2, 0.25) is 0 Å². The highest BCUT2D eigenvalue weighted by Crippen LogP contribution is 2.19. The smallest absolute Gasteiger partial charge is 0.162 e. The summed E-state index contributed by atoms with van der Waals surface area (Å²) in [6.07, 6.45) is 0. The molecule has 0 saturated carbocycles. The number of nitrogens with one attached hydrogen (secondary N) is 1. The van der Waals surface area contributed by atoms with Gasteiger partial charge < -0.3 is 19.3 Å². The fourth-order valence-corrected chi connectivity index (χ4v) is 1.83. The summed E-state index contributed by atoms with van der Waals surface area (Å²) in [5.41, 5.74) is 1.94. The van der Waals surface area contributed by atoms with Crippen LogP contribution in [-0.2, 0) is 18.0 Å². The molecule has 1 N–H and O–H groups in total. The summed E-state index contributed by atoms with van der Waals surface area (Å²) in [6.45, 7) is 2.90. The van der Waals surface area contributed by atoms with Crippen LogP contribution < -0.4 is 10.1 Å². The van der Waals surface area contributed by atoms with Crippen molar-refractivity contribution in [3.63, 3.8) is 0 Å². The van der Waals surface area contributed by atoms with E-state index in [2.05, 4.69) is 23.5 Å². The summed E-state index contributed by atoms with van der Waals surface area (Å²) in [5, 5.41) is 7.13. The van der Waals surface area contributed by atoms with Crippen molar-refractivity contribution < 1.29 is 14.0 Å². The molecule has 20 heavy (non-hydrogen) atoms. The molecule has 0 aliphatic carbocycles. The molecular formula is C15H20N2O3. The minimum Gasteiger partial charge on any atom is -0.487 e. The highest BCUT2D eigenvalue weighted by atomic mass is 16.5. The third-order valence-corrected chi connectivity index (χ3v) is 3.07. The average Bonchev–Trinajstić information content (AvgIpc) is 2.93. The molecule has 0 bridgehead atoms. The van der Waals surface area contributed by atoms with Crippen LogP contribution in [0.25, 0.3) is 0 Å². The zero-order chi connectivity index (χ0) is 14.4. The Morgan fingerprint density at radius 2 is 2.15 bits per heavy atom. The van der Waals surface area contributed by atoms with Crippen LogP contribution in [0.1, 0.15) is 30.0 Å². The van der Waals surface area contributed by atoms with Crippen LogP contribution in [0.15, 0.2) is 34.9 Å². The second-order valence-corrected chi connectivity index (χ2v) is 4.59. The van der Waals surface area contributed by atoms with Crippen molar-refractivity contribution in [3.8, 4) is 5.75 Å². The van der Waals surface area contributed by atoms with Gasteiger partial charge in [-0.05, 0) is 31.7 Å². The minimum absolute atomic E-state index is 0.291. The van der Waals surface area contributed by atoms with Gasteiger partial charge in [0.15, 0.2) is 5.76 Å². The molecule has 108 valence electrons. The molecule has 0 radical (unpaired) electrons. The van der Waals surface area contributed by atoms with E-state index in [4.69, 9.17) is 14.0 Å². The highest BCUT2D eigenvalue weighted by molar-refractivity contribution is 5.30. The fraction of sp³-hybridized carbons (Fsp3) is 0.400. The van der Waals surface area contributed by atoms with E-state index >= 15 is 0 Å². The lowest BCUT2D eigenvalue weighted by Gasteiger charge is -2.12. The topological polar surface area (TPSA) is 56.5 Å². The number of ether oxygens (including phenoxy) is 2. The molecule has 0 spiro atoms. The number of aromatic nitrogens is 1. The van der Waals surface area contributed by atoms with Crippen LogP contribution in [0.5, 0.6) is 5.75 Å². The predicted octanol–water partition coefficient (Wildman–Crippen LogP) is 2.68.